The van der Waals surface area contributed by atoms with Gasteiger partial charge in [0.2, 0.25) is 0 Å². The summed E-state index contributed by atoms with van der Waals surface area (Å²) in [7, 11) is 0. The lowest BCUT2D eigenvalue weighted by Gasteiger charge is -2.17. The molecule has 0 saturated heterocycles. The highest BCUT2D eigenvalue weighted by molar-refractivity contribution is 5.38. The van der Waals surface area contributed by atoms with Gasteiger partial charge < -0.3 is 4.40 Å². The molecule has 0 aliphatic carbocycles. The molecule has 0 bridgehead atoms. The van der Waals surface area contributed by atoms with E-state index in [0.29, 0.717) is 5.65 Å². The molecule has 0 atom stereocenters. The smallest absolute Gasteiger partial charge is 0.281 e. The lowest BCUT2D eigenvalue weighted by Crippen LogP contribution is -2.14. The molecule has 2 rings (SSSR count). The van der Waals surface area contributed by atoms with Crippen LogP contribution in [0.3, 0.4) is 0 Å². The van der Waals surface area contributed by atoms with E-state index in [9.17, 15) is 8.78 Å². The molecule has 2 heterocycles. The fraction of sp³-hybridized carbons (Fsp3) is 0.455. The largest absolute Gasteiger partial charge is 0.303 e. The van der Waals surface area contributed by atoms with Crippen molar-refractivity contribution in [1.82, 2.24) is 14.4 Å². The molecule has 16 heavy (non-hydrogen) atoms. The molecule has 2 aromatic rings. The third-order valence-electron chi connectivity index (χ3n) is 2.35. The number of alkyl halides is 2. The maximum Gasteiger partial charge on any atom is 0.281 e. The molecule has 5 heteroatoms. The van der Waals surface area contributed by atoms with Crippen molar-refractivity contribution in [2.75, 3.05) is 0 Å². The average molecular weight is 225 g/mol. The number of fused-ring (bicyclic) bond motifs is 1. The van der Waals surface area contributed by atoms with Gasteiger partial charge in [0.25, 0.3) is 6.43 Å². The molecular weight excluding hydrogens is 212 g/mol. The van der Waals surface area contributed by atoms with E-state index >= 15 is 0 Å². The van der Waals surface area contributed by atoms with E-state index < -0.39 is 6.43 Å². The van der Waals surface area contributed by atoms with E-state index in [1.54, 1.807) is 10.6 Å². The predicted octanol–water partition coefficient (Wildman–Crippen LogP) is 2.96. The van der Waals surface area contributed by atoms with Gasteiger partial charge in [0, 0.05) is 17.8 Å². The maximum absolute atomic E-state index is 12.4. The highest BCUT2D eigenvalue weighted by Gasteiger charge is 2.17. The van der Waals surface area contributed by atoms with Crippen molar-refractivity contribution in [2.24, 2.45) is 0 Å². The molecule has 0 aromatic carbocycles. The molecular formula is C11H13F2N3. The summed E-state index contributed by atoms with van der Waals surface area (Å²) in [5.41, 5.74) is 0.970. The number of hydrogen-bond donors (Lipinski definition) is 0. The van der Waals surface area contributed by atoms with Crippen LogP contribution in [0.2, 0.25) is 0 Å². The van der Waals surface area contributed by atoms with Crippen LogP contribution < -0.4 is 0 Å². The molecule has 0 aliphatic rings. The SMILES string of the molecule is CC(C)(C)c1cn2cc(C(F)F)nc2cn1. The number of nitrogens with zero attached hydrogens (tertiary/aromatic N) is 3. The van der Waals surface area contributed by atoms with Crippen LogP contribution in [0.25, 0.3) is 5.65 Å². The summed E-state index contributed by atoms with van der Waals surface area (Å²) < 4.78 is 26.5. The van der Waals surface area contributed by atoms with Crippen LogP contribution in [0.4, 0.5) is 8.78 Å². The van der Waals surface area contributed by atoms with Crippen molar-refractivity contribution in [2.45, 2.75) is 32.6 Å². The number of halogens is 2. The van der Waals surface area contributed by atoms with Crippen LogP contribution >= 0.6 is 0 Å². The molecule has 86 valence electrons. The van der Waals surface area contributed by atoms with E-state index in [-0.39, 0.29) is 11.1 Å². The standard InChI is InChI=1S/C11H13F2N3/c1-11(2,3)8-6-16-5-7(10(12)13)15-9(16)4-14-8/h4-6,10H,1-3H3. The van der Waals surface area contributed by atoms with Gasteiger partial charge in [0.15, 0.2) is 5.65 Å². The molecule has 0 spiro atoms. The molecule has 3 nitrogen and oxygen atoms in total. The van der Waals surface area contributed by atoms with Gasteiger partial charge in [-0.3, -0.25) is 4.98 Å². The highest BCUT2D eigenvalue weighted by Crippen LogP contribution is 2.22. The Kier molecular flexibility index (Phi) is 2.40. The van der Waals surface area contributed by atoms with E-state index in [1.807, 2.05) is 20.8 Å². The molecule has 2 aromatic heterocycles. The molecule has 0 unspecified atom stereocenters. The van der Waals surface area contributed by atoms with Gasteiger partial charge in [-0.15, -0.1) is 0 Å². The third kappa shape index (κ3) is 1.89. The summed E-state index contributed by atoms with van der Waals surface area (Å²) in [5, 5.41) is 0. The summed E-state index contributed by atoms with van der Waals surface area (Å²) >= 11 is 0. The third-order valence-corrected chi connectivity index (χ3v) is 2.35. The quantitative estimate of drug-likeness (QED) is 0.746. The molecule has 0 saturated carbocycles. The Bertz CT molecular complexity index is 511. The van der Waals surface area contributed by atoms with Gasteiger partial charge in [-0.2, -0.15) is 0 Å². The number of aromatic nitrogens is 3. The van der Waals surface area contributed by atoms with Crippen molar-refractivity contribution in [3.05, 3.63) is 30.0 Å². The Morgan fingerprint density at radius 3 is 2.50 bits per heavy atom. The summed E-state index contributed by atoms with van der Waals surface area (Å²) in [6, 6.07) is 0. The normalized spacial score (nSPS) is 12.6. The van der Waals surface area contributed by atoms with Crippen molar-refractivity contribution < 1.29 is 8.78 Å². The Morgan fingerprint density at radius 1 is 1.25 bits per heavy atom. The van der Waals surface area contributed by atoms with E-state index in [0.717, 1.165) is 5.69 Å². The van der Waals surface area contributed by atoms with Crippen LogP contribution in [0.5, 0.6) is 0 Å². The van der Waals surface area contributed by atoms with E-state index in [1.165, 1.54) is 12.4 Å². The lowest BCUT2D eigenvalue weighted by molar-refractivity contribution is 0.147. The van der Waals surface area contributed by atoms with Gasteiger partial charge in [-0.1, -0.05) is 20.8 Å². The first-order valence-corrected chi connectivity index (χ1v) is 5.01. The second-order valence-corrected chi connectivity index (χ2v) is 4.75. The predicted molar refractivity (Wildman–Crippen MR) is 56.6 cm³/mol. The Balaban J connectivity index is 2.54. The first kappa shape index (κ1) is 11.0. The summed E-state index contributed by atoms with van der Waals surface area (Å²) in [6.45, 7) is 6.06. The summed E-state index contributed by atoms with van der Waals surface area (Å²) in [4.78, 5) is 8.01. The Hall–Kier alpha value is -1.52. The Labute approximate surface area is 92.1 Å². The van der Waals surface area contributed by atoms with Gasteiger partial charge in [0.1, 0.15) is 5.69 Å². The van der Waals surface area contributed by atoms with Crippen molar-refractivity contribution in [3.63, 3.8) is 0 Å². The molecule has 0 aliphatic heterocycles. The van der Waals surface area contributed by atoms with Crippen LogP contribution in [-0.4, -0.2) is 14.4 Å². The van der Waals surface area contributed by atoms with Crippen LogP contribution in [-0.2, 0) is 5.41 Å². The fourth-order valence-corrected chi connectivity index (χ4v) is 1.41. The molecule has 0 fully saturated rings. The molecule has 0 amide bonds. The van der Waals surface area contributed by atoms with Gasteiger partial charge >= 0.3 is 0 Å². The second-order valence-electron chi connectivity index (χ2n) is 4.75. The minimum atomic E-state index is -2.54. The van der Waals surface area contributed by atoms with Crippen LogP contribution in [0, 0.1) is 0 Å². The minimum Gasteiger partial charge on any atom is -0.303 e. The van der Waals surface area contributed by atoms with Gasteiger partial charge in [0.05, 0.1) is 11.9 Å². The first-order valence-electron chi connectivity index (χ1n) is 5.01. The lowest BCUT2D eigenvalue weighted by atomic mass is 9.93. The average Bonchev–Trinajstić information content (AvgIpc) is 2.58. The maximum atomic E-state index is 12.4. The Morgan fingerprint density at radius 2 is 1.94 bits per heavy atom. The monoisotopic (exact) mass is 225 g/mol. The summed E-state index contributed by atoms with van der Waals surface area (Å²) in [6.07, 6.45) is 2.07. The van der Waals surface area contributed by atoms with Crippen molar-refractivity contribution >= 4 is 5.65 Å². The van der Waals surface area contributed by atoms with Crippen LogP contribution in [0.15, 0.2) is 18.6 Å². The van der Waals surface area contributed by atoms with Gasteiger partial charge in [-0.05, 0) is 0 Å². The van der Waals surface area contributed by atoms with Crippen molar-refractivity contribution in [3.8, 4) is 0 Å². The number of hydrogen-bond acceptors (Lipinski definition) is 2. The zero-order valence-electron chi connectivity index (χ0n) is 9.41. The first-order chi connectivity index (χ1) is 7.38. The van der Waals surface area contributed by atoms with Crippen molar-refractivity contribution in [1.29, 1.82) is 0 Å². The molecule has 0 radical (unpaired) electrons. The fourth-order valence-electron chi connectivity index (χ4n) is 1.41. The zero-order valence-corrected chi connectivity index (χ0v) is 9.41. The highest BCUT2D eigenvalue weighted by atomic mass is 19.3. The minimum absolute atomic E-state index is 0.108. The van der Waals surface area contributed by atoms with Gasteiger partial charge in [-0.25, -0.2) is 13.8 Å². The second kappa shape index (κ2) is 3.50. The van der Waals surface area contributed by atoms with E-state index in [4.69, 9.17) is 0 Å². The zero-order chi connectivity index (χ0) is 11.9. The van der Waals surface area contributed by atoms with E-state index in [2.05, 4.69) is 9.97 Å². The number of imidazole rings is 1. The number of rotatable bonds is 1. The molecule has 0 N–H and O–H groups in total. The van der Waals surface area contributed by atoms with Crippen LogP contribution in [0.1, 0.15) is 38.6 Å². The topological polar surface area (TPSA) is 30.2 Å². The summed E-state index contributed by atoms with van der Waals surface area (Å²) in [5.74, 6) is 0.